The van der Waals surface area contributed by atoms with Crippen molar-refractivity contribution in [1.29, 1.82) is 0 Å². The highest BCUT2D eigenvalue weighted by Crippen LogP contribution is 2.14. The summed E-state index contributed by atoms with van der Waals surface area (Å²) in [7, 11) is 0. The van der Waals surface area contributed by atoms with Crippen LogP contribution in [-0.4, -0.2) is 17.9 Å². The molecule has 22 heavy (non-hydrogen) atoms. The molecule has 0 heterocycles. The number of hydrogen-bond acceptors (Lipinski definition) is 3. The highest BCUT2D eigenvalue weighted by Gasteiger charge is 2.19. The maximum atomic E-state index is 12.2. The van der Waals surface area contributed by atoms with Gasteiger partial charge in [-0.25, -0.2) is 0 Å². The van der Waals surface area contributed by atoms with Crippen molar-refractivity contribution in [2.45, 2.75) is 19.4 Å². The van der Waals surface area contributed by atoms with Crippen LogP contribution in [0.4, 0.5) is 0 Å². The predicted molar refractivity (Wildman–Crippen MR) is 86.5 cm³/mol. The van der Waals surface area contributed by atoms with Gasteiger partial charge in [0.15, 0.2) is 6.10 Å². The molecule has 2 rings (SSSR count). The van der Waals surface area contributed by atoms with E-state index in [0.717, 1.165) is 5.56 Å². The van der Waals surface area contributed by atoms with Crippen molar-refractivity contribution in [2.75, 3.05) is 0 Å². The summed E-state index contributed by atoms with van der Waals surface area (Å²) in [4.78, 5) is 24.0. The van der Waals surface area contributed by atoms with Crippen LogP contribution < -0.4 is 0 Å². The van der Waals surface area contributed by atoms with E-state index in [9.17, 15) is 9.59 Å². The summed E-state index contributed by atoms with van der Waals surface area (Å²) < 4.78 is 5.18. The Balaban J connectivity index is 1.94. The lowest BCUT2D eigenvalue weighted by Gasteiger charge is -2.12. The van der Waals surface area contributed by atoms with Crippen molar-refractivity contribution in [3.8, 4) is 0 Å². The van der Waals surface area contributed by atoms with Crippen LogP contribution in [0, 0.1) is 0 Å². The number of ketones is 1. The molecule has 5 heteroatoms. The highest BCUT2D eigenvalue weighted by molar-refractivity contribution is 6.30. The van der Waals surface area contributed by atoms with Gasteiger partial charge in [0.1, 0.15) is 0 Å². The van der Waals surface area contributed by atoms with Crippen LogP contribution >= 0.6 is 23.2 Å². The van der Waals surface area contributed by atoms with Gasteiger partial charge < -0.3 is 4.74 Å². The van der Waals surface area contributed by atoms with Gasteiger partial charge in [0.05, 0.1) is 6.42 Å². The molecule has 3 nitrogen and oxygen atoms in total. The Morgan fingerprint density at radius 1 is 0.955 bits per heavy atom. The summed E-state index contributed by atoms with van der Waals surface area (Å²) in [5, 5.41) is 1.15. The van der Waals surface area contributed by atoms with E-state index in [0.29, 0.717) is 15.6 Å². The zero-order valence-corrected chi connectivity index (χ0v) is 13.4. The second-order valence-corrected chi connectivity index (χ2v) is 5.68. The topological polar surface area (TPSA) is 43.4 Å². The Labute approximate surface area is 138 Å². The maximum Gasteiger partial charge on any atom is 0.310 e. The highest BCUT2D eigenvalue weighted by atomic mass is 35.5. The number of carbonyl (C=O) groups is 2. The third-order valence-electron chi connectivity index (χ3n) is 3.07. The first-order valence-corrected chi connectivity index (χ1v) is 7.45. The lowest BCUT2D eigenvalue weighted by molar-refractivity contribution is -0.145. The van der Waals surface area contributed by atoms with E-state index in [4.69, 9.17) is 27.9 Å². The summed E-state index contributed by atoms with van der Waals surface area (Å²) in [6.45, 7) is 1.55. The molecule has 0 aliphatic carbocycles. The minimum Gasteiger partial charge on any atom is -0.454 e. The average molecular weight is 337 g/mol. The molecule has 0 aliphatic heterocycles. The summed E-state index contributed by atoms with van der Waals surface area (Å²) in [5.41, 5.74) is 1.23. The van der Waals surface area contributed by atoms with Gasteiger partial charge in [-0.2, -0.15) is 0 Å². The Kier molecular flexibility index (Phi) is 5.58. The van der Waals surface area contributed by atoms with E-state index in [1.54, 1.807) is 55.5 Å². The molecule has 1 atom stereocenters. The Bertz CT molecular complexity index is 663. The zero-order valence-electron chi connectivity index (χ0n) is 11.9. The van der Waals surface area contributed by atoms with Gasteiger partial charge in [-0.15, -0.1) is 0 Å². The van der Waals surface area contributed by atoms with Gasteiger partial charge in [-0.1, -0.05) is 35.3 Å². The number of ether oxygens (including phenoxy) is 1. The molecule has 2 aromatic carbocycles. The number of benzene rings is 2. The van der Waals surface area contributed by atoms with Crippen molar-refractivity contribution in [1.82, 2.24) is 0 Å². The van der Waals surface area contributed by atoms with Crippen LogP contribution in [-0.2, 0) is 16.0 Å². The van der Waals surface area contributed by atoms with Crippen LogP contribution in [0.3, 0.4) is 0 Å². The van der Waals surface area contributed by atoms with Crippen molar-refractivity contribution < 1.29 is 14.3 Å². The fourth-order valence-corrected chi connectivity index (χ4v) is 2.16. The van der Waals surface area contributed by atoms with Gasteiger partial charge in [0.2, 0.25) is 5.78 Å². The molecule has 0 amide bonds. The molecule has 114 valence electrons. The second-order valence-electron chi connectivity index (χ2n) is 4.81. The van der Waals surface area contributed by atoms with E-state index in [1.807, 2.05) is 0 Å². The fraction of sp³-hybridized carbons (Fsp3) is 0.176. The molecule has 0 aliphatic rings. The van der Waals surface area contributed by atoms with Crippen molar-refractivity contribution >= 4 is 35.0 Å². The van der Waals surface area contributed by atoms with E-state index in [1.165, 1.54) is 0 Å². The molecule has 0 saturated heterocycles. The van der Waals surface area contributed by atoms with Crippen LogP contribution in [0.5, 0.6) is 0 Å². The molecule has 0 radical (unpaired) electrons. The van der Waals surface area contributed by atoms with Gasteiger partial charge in [0, 0.05) is 15.6 Å². The van der Waals surface area contributed by atoms with E-state index >= 15 is 0 Å². The number of hydrogen-bond donors (Lipinski definition) is 0. The quantitative estimate of drug-likeness (QED) is 0.602. The zero-order chi connectivity index (χ0) is 16.1. The first-order valence-electron chi connectivity index (χ1n) is 6.69. The number of carbonyl (C=O) groups excluding carboxylic acids is 2. The molecule has 0 N–H and O–H groups in total. The van der Waals surface area contributed by atoms with Crippen LogP contribution in [0.25, 0.3) is 0 Å². The smallest absolute Gasteiger partial charge is 0.310 e. The van der Waals surface area contributed by atoms with E-state index < -0.39 is 12.1 Å². The van der Waals surface area contributed by atoms with Crippen molar-refractivity contribution in [2.24, 2.45) is 0 Å². The maximum absolute atomic E-state index is 12.2. The number of rotatable bonds is 5. The number of Topliss-reactive ketones (excluding diaryl/α,β-unsaturated/α-hetero) is 1. The Morgan fingerprint density at radius 2 is 1.45 bits per heavy atom. The monoisotopic (exact) mass is 336 g/mol. The average Bonchev–Trinajstić information content (AvgIpc) is 2.49. The summed E-state index contributed by atoms with van der Waals surface area (Å²) in [5.74, 6) is -0.724. The minimum absolute atomic E-state index is 0.0927. The first kappa shape index (κ1) is 16.5. The lowest BCUT2D eigenvalue weighted by Crippen LogP contribution is -2.25. The van der Waals surface area contributed by atoms with Crippen LogP contribution in [0.1, 0.15) is 22.8 Å². The van der Waals surface area contributed by atoms with Crippen LogP contribution in [0.2, 0.25) is 10.0 Å². The molecule has 0 bridgehead atoms. The standard InChI is InChI=1S/C17H14Cl2O3/c1-11(17(21)13-4-8-15(19)9-5-13)22-16(20)10-12-2-6-14(18)7-3-12/h2-9,11H,10H2,1H3/t11-/m1/s1. The summed E-state index contributed by atoms with van der Waals surface area (Å²) >= 11 is 11.6. The van der Waals surface area contributed by atoms with Gasteiger partial charge in [-0.05, 0) is 48.9 Å². The molecule has 2 aromatic rings. The van der Waals surface area contributed by atoms with Crippen molar-refractivity contribution in [3.05, 3.63) is 69.7 Å². The molecule has 0 unspecified atom stereocenters. The van der Waals surface area contributed by atoms with E-state index in [2.05, 4.69) is 0 Å². The number of esters is 1. The summed E-state index contributed by atoms with van der Waals surface area (Å²) in [6.07, 6.45) is -0.754. The third kappa shape index (κ3) is 4.58. The SMILES string of the molecule is C[C@@H](OC(=O)Cc1ccc(Cl)cc1)C(=O)c1ccc(Cl)cc1. The van der Waals surface area contributed by atoms with Gasteiger partial charge >= 0.3 is 5.97 Å². The molecule has 0 fully saturated rings. The largest absolute Gasteiger partial charge is 0.454 e. The molecular weight excluding hydrogens is 323 g/mol. The molecule has 0 spiro atoms. The predicted octanol–water partition coefficient (Wildman–Crippen LogP) is 4.35. The number of halogens is 2. The molecule has 0 aromatic heterocycles. The fourth-order valence-electron chi connectivity index (χ4n) is 1.91. The third-order valence-corrected chi connectivity index (χ3v) is 3.57. The minimum atomic E-state index is -0.846. The Morgan fingerprint density at radius 3 is 2.00 bits per heavy atom. The second kappa shape index (κ2) is 7.43. The Hall–Kier alpha value is -1.84. The van der Waals surface area contributed by atoms with Gasteiger partial charge in [0.25, 0.3) is 0 Å². The van der Waals surface area contributed by atoms with Crippen LogP contribution in [0.15, 0.2) is 48.5 Å². The van der Waals surface area contributed by atoms with Gasteiger partial charge in [-0.3, -0.25) is 9.59 Å². The van der Waals surface area contributed by atoms with E-state index in [-0.39, 0.29) is 12.2 Å². The normalized spacial score (nSPS) is 11.8. The summed E-state index contributed by atoms with van der Waals surface area (Å²) in [6, 6.07) is 13.3. The molecule has 0 saturated carbocycles. The lowest BCUT2D eigenvalue weighted by atomic mass is 10.1. The van der Waals surface area contributed by atoms with Crippen molar-refractivity contribution in [3.63, 3.8) is 0 Å². The first-order chi connectivity index (χ1) is 10.5. The molecular formula is C17H14Cl2O3.